The van der Waals surface area contributed by atoms with Gasteiger partial charge in [-0.05, 0) is 42.8 Å². The molecular formula is C22H17Cl3N2O5S. The number of hydrogen-bond donors (Lipinski definition) is 2. The first-order valence-electron chi connectivity index (χ1n) is 9.36. The van der Waals surface area contributed by atoms with E-state index in [2.05, 4.69) is 10.6 Å². The van der Waals surface area contributed by atoms with Crippen LogP contribution in [0.4, 0.5) is 10.7 Å². The molecule has 1 aromatic heterocycles. The average molecular weight is 528 g/mol. The fourth-order valence-corrected chi connectivity index (χ4v) is 4.56. The summed E-state index contributed by atoms with van der Waals surface area (Å²) < 4.78 is 10.2. The van der Waals surface area contributed by atoms with E-state index in [1.54, 1.807) is 37.3 Å². The summed E-state index contributed by atoms with van der Waals surface area (Å²) in [6.07, 6.45) is 0. The third kappa shape index (κ3) is 5.97. The van der Waals surface area contributed by atoms with Crippen LogP contribution in [-0.2, 0) is 9.53 Å². The Morgan fingerprint density at radius 2 is 1.73 bits per heavy atom. The number of thiophene rings is 1. The molecule has 0 fully saturated rings. The lowest BCUT2D eigenvalue weighted by molar-refractivity contribution is -0.118. The summed E-state index contributed by atoms with van der Waals surface area (Å²) in [6, 6.07) is 11.3. The van der Waals surface area contributed by atoms with Crippen molar-refractivity contribution in [1.29, 1.82) is 0 Å². The van der Waals surface area contributed by atoms with E-state index < -0.39 is 17.8 Å². The molecule has 2 aromatic carbocycles. The molecule has 0 bridgehead atoms. The second-order valence-electron chi connectivity index (χ2n) is 6.60. The Balaban J connectivity index is 1.80. The number of benzene rings is 2. The molecule has 172 valence electrons. The molecule has 0 aliphatic rings. The molecule has 7 nitrogen and oxygen atoms in total. The summed E-state index contributed by atoms with van der Waals surface area (Å²) in [5.41, 5.74) is 0.841. The number of nitrogens with one attached hydrogen (secondary N) is 2. The highest BCUT2D eigenvalue weighted by Gasteiger charge is 2.26. The predicted octanol–water partition coefficient (Wildman–Crippen LogP) is 6.07. The normalized spacial score (nSPS) is 10.5. The summed E-state index contributed by atoms with van der Waals surface area (Å²) in [5.74, 6) is -1.48. The maximum Gasteiger partial charge on any atom is 0.341 e. The van der Waals surface area contributed by atoms with Gasteiger partial charge in [-0.3, -0.25) is 9.59 Å². The van der Waals surface area contributed by atoms with E-state index in [1.807, 2.05) is 0 Å². The van der Waals surface area contributed by atoms with Gasteiger partial charge in [0, 0.05) is 5.02 Å². The third-order valence-electron chi connectivity index (χ3n) is 4.37. The van der Waals surface area contributed by atoms with Gasteiger partial charge in [-0.25, -0.2) is 4.79 Å². The summed E-state index contributed by atoms with van der Waals surface area (Å²) in [4.78, 5) is 37.9. The van der Waals surface area contributed by atoms with Crippen LogP contribution in [0.1, 0.15) is 25.6 Å². The first kappa shape index (κ1) is 24.9. The molecule has 3 aromatic rings. The molecule has 0 atom stereocenters. The molecule has 0 unspecified atom stereocenters. The smallest absolute Gasteiger partial charge is 0.341 e. The van der Waals surface area contributed by atoms with Crippen LogP contribution in [-0.4, -0.2) is 31.5 Å². The minimum atomic E-state index is -0.697. The number of anilines is 2. The van der Waals surface area contributed by atoms with Crippen LogP contribution in [0.2, 0.25) is 15.1 Å². The fourth-order valence-electron chi connectivity index (χ4n) is 2.81. The highest BCUT2D eigenvalue weighted by Crippen LogP contribution is 2.35. The molecule has 2 amide bonds. The fraction of sp³-hybridized carbons (Fsp3) is 0.136. The number of esters is 1. The maximum absolute atomic E-state index is 12.9. The zero-order valence-corrected chi connectivity index (χ0v) is 20.4. The van der Waals surface area contributed by atoms with E-state index in [1.165, 1.54) is 19.2 Å². The third-order valence-corrected chi connectivity index (χ3v) is 6.44. The van der Waals surface area contributed by atoms with Gasteiger partial charge >= 0.3 is 5.97 Å². The Hall–Kier alpha value is -2.78. The van der Waals surface area contributed by atoms with Crippen LogP contribution in [0.15, 0.2) is 42.5 Å². The Labute approximate surface area is 208 Å². The molecule has 1 heterocycles. The van der Waals surface area contributed by atoms with E-state index in [-0.39, 0.29) is 32.8 Å². The van der Waals surface area contributed by atoms with Gasteiger partial charge in [0.25, 0.3) is 11.8 Å². The van der Waals surface area contributed by atoms with Crippen LogP contribution in [0.25, 0.3) is 0 Å². The molecule has 0 radical (unpaired) electrons. The zero-order valence-electron chi connectivity index (χ0n) is 17.3. The summed E-state index contributed by atoms with van der Waals surface area (Å²) in [7, 11) is 1.21. The molecule has 0 aliphatic carbocycles. The minimum absolute atomic E-state index is 0.0738. The van der Waals surface area contributed by atoms with Crippen molar-refractivity contribution in [3.63, 3.8) is 0 Å². The van der Waals surface area contributed by atoms with Crippen molar-refractivity contribution < 1.29 is 23.9 Å². The summed E-state index contributed by atoms with van der Waals surface area (Å²) in [5, 5.41) is 6.48. The highest BCUT2D eigenvalue weighted by atomic mass is 35.5. The molecule has 0 aliphatic heterocycles. The maximum atomic E-state index is 12.9. The largest absolute Gasteiger partial charge is 0.482 e. The first-order chi connectivity index (χ1) is 15.7. The molecule has 3 rings (SSSR count). The van der Waals surface area contributed by atoms with Gasteiger partial charge < -0.3 is 20.1 Å². The van der Waals surface area contributed by atoms with Gasteiger partial charge in [0.15, 0.2) is 6.61 Å². The van der Waals surface area contributed by atoms with Gasteiger partial charge in [-0.2, -0.15) is 0 Å². The van der Waals surface area contributed by atoms with Crippen molar-refractivity contribution >= 4 is 74.6 Å². The number of halogens is 3. The first-order valence-corrected chi connectivity index (χ1v) is 11.3. The SMILES string of the molecule is COC(=O)c1c(NC(=O)COc2ccc(Cl)cc2Cl)sc(C(=O)Nc2ccccc2Cl)c1C. The average Bonchev–Trinajstić information content (AvgIpc) is 3.10. The number of amides is 2. The monoisotopic (exact) mass is 526 g/mol. The van der Waals surface area contributed by atoms with E-state index in [0.717, 1.165) is 11.3 Å². The molecule has 0 saturated heterocycles. The Morgan fingerprint density at radius 3 is 2.39 bits per heavy atom. The van der Waals surface area contributed by atoms with E-state index >= 15 is 0 Å². The molecule has 33 heavy (non-hydrogen) atoms. The number of carbonyl (C=O) groups is 3. The quantitative estimate of drug-likeness (QED) is 0.364. The van der Waals surface area contributed by atoms with E-state index in [0.29, 0.717) is 21.3 Å². The van der Waals surface area contributed by atoms with Gasteiger partial charge in [-0.15, -0.1) is 11.3 Å². The van der Waals surface area contributed by atoms with Crippen molar-refractivity contribution in [3.05, 3.63) is 73.5 Å². The van der Waals surface area contributed by atoms with Crippen molar-refractivity contribution in [1.82, 2.24) is 0 Å². The Bertz CT molecular complexity index is 1230. The molecule has 2 N–H and O–H groups in total. The van der Waals surface area contributed by atoms with Gasteiger partial charge in [-0.1, -0.05) is 46.9 Å². The van der Waals surface area contributed by atoms with Crippen molar-refractivity contribution in [3.8, 4) is 5.75 Å². The van der Waals surface area contributed by atoms with Crippen LogP contribution >= 0.6 is 46.1 Å². The van der Waals surface area contributed by atoms with E-state index in [4.69, 9.17) is 44.3 Å². The van der Waals surface area contributed by atoms with Crippen LogP contribution < -0.4 is 15.4 Å². The number of para-hydroxylation sites is 1. The topological polar surface area (TPSA) is 93.7 Å². The lowest BCUT2D eigenvalue weighted by Gasteiger charge is -2.09. The Kier molecular flexibility index (Phi) is 8.20. The molecule has 0 saturated carbocycles. The van der Waals surface area contributed by atoms with Crippen LogP contribution in [0.5, 0.6) is 5.75 Å². The zero-order chi connectivity index (χ0) is 24.1. The molecule has 11 heteroatoms. The van der Waals surface area contributed by atoms with Crippen molar-refractivity contribution in [2.75, 3.05) is 24.4 Å². The number of carbonyl (C=O) groups excluding carboxylic acids is 3. The number of rotatable bonds is 7. The number of hydrogen-bond acceptors (Lipinski definition) is 6. The standard InChI is InChI=1S/C22H17Cl3N2O5S/c1-11-18(22(30)31-2)21(27-17(28)10-32-16-8-7-12(23)9-14(16)25)33-19(11)20(29)26-15-6-4-3-5-13(15)24/h3-9H,10H2,1-2H3,(H,26,29)(H,27,28). The van der Waals surface area contributed by atoms with Crippen LogP contribution in [0.3, 0.4) is 0 Å². The van der Waals surface area contributed by atoms with Crippen molar-refractivity contribution in [2.45, 2.75) is 6.92 Å². The second-order valence-corrected chi connectivity index (χ2v) is 8.87. The molecular weight excluding hydrogens is 511 g/mol. The summed E-state index contributed by atoms with van der Waals surface area (Å²) >= 11 is 18.9. The van der Waals surface area contributed by atoms with Crippen LogP contribution in [0, 0.1) is 6.92 Å². The van der Waals surface area contributed by atoms with Crippen molar-refractivity contribution in [2.24, 2.45) is 0 Å². The summed E-state index contributed by atoms with van der Waals surface area (Å²) in [6.45, 7) is 1.20. The van der Waals surface area contributed by atoms with Gasteiger partial charge in [0.1, 0.15) is 10.8 Å². The highest BCUT2D eigenvalue weighted by molar-refractivity contribution is 7.19. The predicted molar refractivity (Wildman–Crippen MR) is 130 cm³/mol. The molecule has 0 spiro atoms. The van der Waals surface area contributed by atoms with Gasteiger partial charge in [0.2, 0.25) is 0 Å². The van der Waals surface area contributed by atoms with Gasteiger partial charge in [0.05, 0.1) is 33.3 Å². The number of methoxy groups -OCH3 is 1. The lowest BCUT2D eigenvalue weighted by Crippen LogP contribution is -2.21. The number of ether oxygens (including phenoxy) is 2. The lowest BCUT2D eigenvalue weighted by atomic mass is 10.1. The van der Waals surface area contributed by atoms with E-state index in [9.17, 15) is 14.4 Å². The minimum Gasteiger partial charge on any atom is -0.482 e. The Morgan fingerprint density at radius 1 is 1.00 bits per heavy atom. The second kappa shape index (κ2) is 10.9.